The first-order chi connectivity index (χ1) is 8.13. The third kappa shape index (κ3) is 5.20. The van der Waals surface area contributed by atoms with E-state index >= 15 is 0 Å². The molecule has 0 unspecified atom stereocenters. The third-order valence-corrected chi connectivity index (χ3v) is 3.13. The molecule has 6 heteroatoms. The molecule has 0 amide bonds. The van der Waals surface area contributed by atoms with Gasteiger partial charge in [-0.1, -0.05) is 5.16 Å². The quantitative estimate of drug-likeness (QED) is 0.184. The maximum Gasteiger partial charge on any atom is 0.139 e. The van der Waals surface area contributed by atoms with E-state index < -0.39 is 0 Å². The molecule has 0 saturated carbocycles. The number of halogens is 2. The summed E-state index contributed by atoms with van der Waals surface area (Å²) in [6.07, 6.45) is 2.34. The summed E-state index contributed by atoms with van der Waals surface area (Å²) < 4.78 is 13.7. The molecular formula is C11H15FIN3O. The molecule has 0 radical (unpaired) electrons. The van der Waals surface area contributed by atoms with E-state index in [1.165, 1.54) is 12.1 Å². The maximum absolute atomic E-state index is 12.8. The monoisotopic (exact) mass is 351 g/mol. The second-order valence-corrected chi connectivity index (χ2v) is 4.76. The van der Waals surface area contributed by atoms with Crippen molar-refractivity contribution < 1.29 is 9.60 Å². The molecule has 0 spiro atoms. The molecule has 0 atom stereocenters. The van der Waals surface area contributed by atoms with Crippen molar-refractivity contribution in [1.82, 2.24) is 0 Å². The Labute approximate surface area is 113 Å². The second kappa shape index (κ2) is 7.31. The van der Waals surface area contributed by atoms with Crippen LogP contribution in [0.2, 0.25) is 0 Å². The van der Waals surface area contributed by atoms with Crippen molar-refractivity contribution in [2.75, 3.05) is 11.9 Å². The highest BCUT2D eigenvalue weighted by Crippen LogP contribution is 2.18. The zero-order valence-electron chi connectivity index (χ0n) is 9.29. The lowest BCUT2D eigenvalue weighted by molar-refractivity contribution is 0.316. The SMILES string of the molecule is NC(CCCCNc1ccc(F)cc1I)=NO. The standard InChI is InChI=1S/C11H15FIN3O/c12-8-4-5-10(9(13)7-8)15-6-2-1-3-11(14)16-17/h4-5,7,15,17H,1-3,6H2,(H2,14,16). The molecule has 4 N–H and O–H groups in total. The Morgan fingerprint density at radius 2 is 2.24 bits per heavy atom. The van der Waals surface area contributed by atoms with Crippen LogP contribution in [0.4, 0.5) is 10.1 Å². The average Bonchev–Trinajstić information content (AvgIpc) is 2.30. The summed E-state index contributed by atoms with van der Waals surface area (Å²) in [5.74, 6) is 0.0215. The summed E-state index contributed by atoms with van der Waals surface area (Å²) in [4.78, 5) is 0. The highest BCUT2D eigenvalue weighted by molar-refractivity contribution is 14.1. The van der Waals surface area contributed by atoms with Crippen LogP contribution in [0.25, 0.3) is 0 Å². The molecule has 94 valence electrons. The minimum Gasteiger partial charge on any atom is -0.409 e. The molecule has 0 aliphatic rings. The van der Waals surface area contributed by atoms with Gasteiger partial charge in [-0.25, -0.2) is 4.39 Å². The molecule has 0 heterocycles. The van der Waals surface area contributed by atoms with Crippen molar-refractivity contribution in [2.24, 2.45) is 10.9 Å². The van der Waals surface area contributed by atoms with Gasteiger partial charge in [-0.3, -0.25) is 0 Å². The molecule has 0 fully saturated rings. The van der Waals surface area contributed by atoms with E-state index in [1.807, 2.05) is 0 Å². The fraction of sp³-hybridized carbons (Fsp3) is 0.364. The molecule has 1 aromatic rings. The lowest BCUT2D eigenvalue weighted by Gasteiger charge is -2.08. The minimum atomic E-state index is -0.230. The van der Waals surface area contributed by atoms with Crippen LogP contribution in [0.1, 0.15) is 19.3 Å². The molecule has 17 heavy (non-hydrogen) atoms. The summed E-state index contributed by atoms with van der Waals surface area (Å²) in [6.45, 7) is 0.778. The van der Waals surface area contributed by atoms with Crippen LogP contribution in [0.15, 0.2) is 23.4 Å². The molecule has 0 bridgehead atoms. The number of nitrogens with one attached hydrogen (secondary N) is 1. The van der Waals surface area contributed by atoms with Crippen LogP contribution in [0.3, 0.4) is 0 Å². The van der Waals surface area contributed by atoms with Gasteiger partial charge in [0, 0.05) is 22.2 Å². The van der Waals surface area contributed by atoms with Crippen molar-refractivity contribution in [3.63, 3.8) is 0 Å². The number of unbranched alkanes of at least 4 members (excludes halogenated alkanes) is 1. The second-order valence-electron chi connectivity index (χ2n) is 3.60. The van der Waals surface area contributed by atoms with Gasteiger partial charge in [0.2, 0.25) is 0 Å². The molecular weight excluding hydrogens is 336 g/mol. The predicted molar refractivity (Wildman–Crippen MR) is 74.9 cm³/mol. The van der Waals surface area contributed by atoms with Crippen LogP contribution in [-0.2, 0) is 0 Å². The summed E-state index contributed by atoms with van der Waals surface area (Å²) in [6, 6.07) is 4.64. The number of rotatable bonds is 6. The van der Waals surface area contributed by atoms with Crippen molar-refractivity contribution >= 4 is 34.1 Å². The number of hydrogen-bond donors (Lipinski definition) is 3. The van der Waals surface area contributed by atoms with E-state index in [-0.39, 0.29) is 11.7 Å². The lowest BCUT2D eigenvalue weighted by Crippen LogP contribution is -2.12. The van der Waals surface area contributed by atoms with Crippen molar-refractivity contribution in [3.8, 4) is 0 Å². The Balaban J connectivity index is 2.27. The highest BCUT2D eigenvalue weighted by Gasteiger charge is 2.00. The summed E-state index contributed by atoms with van der Waals surface area (Å²) in [7, 11) is 0. The molecule has 0 aliphatic carbocycles. The van der Waals surface area contributed by atoms with Crippen LogP contribution >= 0.6 is 22.6 Å². The van der Waals surface area contributed by atoms with Crippen molar-refractivity contribution in [1.29, 1.82) is 0 Å². The summed E-state index contributed by atoms with van der Waals surface area (Å²) in [5.41, 5.74) is 6.27. The molecule has 0 saturated heterocycles. The van der Waals surface area contributed by atoms with Crippen molar-refractivity contribution in [3.05, 3.63) is 27.6 Å². The largest absolute Gasteiger partial charge is 0.409 e. The van der Waals surface area contributed by atoms with Gasteiger partial charge in [0.25, 0.3) is 0 Å². The van der Waals surface area contributed by atoms with Gasteiger partial charge in [-0.15, -0.1) is 0 Å². The number of oxime groups is 1. The van der Waals surface area contributed by atoms with Crippen LogP contribution < -0.4 is 11.1 Å². The Morgan fingerprint density at radius 3 is 2.88 bits per heavy atom. The fourth-order valence-electron chi connectivity index (χ4n) is 1.34. The molecule has 0 aromatic heterocycles. The van der Waals surface area contributed by atoms with E-state index in [1.54, 1.807) is 6.07 Å². The average molecular weight is 351 g/mol. The number of nitrogens with zero attached hydrogens (tertiary/aromatic N) is 1. The van der Waals surface area contributed by atoms with Gasteiger partial charge in [-0.05, 0) is 53.6 Å². The zero-order valence-corrected chi connectivity index (χ0v) is 11.4. The van der Waals surface area contributed by atoms with Crippen molar-refractivity contribution in [2.45, 2.75) is 19.3 Å². The number of anilines is 1. The predicted octanol–water partition coefficient (Wildman–Crippen LogP) is 2.76. The van der Waals surface area contributed by atoms with Gasteiger partial charge < -0.3 is 16.3 Å². The topological polar surface area (TPSA) is 70.6 Å². The Hall–Kier alpha value is -1.05. The van der Waals surface area contributed by atoms with E-state index in [9.17, 15) is 4.39 Å². The van der Waals surface area contributed by atoms with Crippen LogP contribution in [-0.4, -0.2) is 17.6 Å². The first-order valence-corrected chi connectivity index (χ1v) is 6.36. The maximum atomic E-state index is 12.8. The Bertz CT molecular complexity index is 398. The first-order valence-electron chi connectivity index (χ1n) is 5.29. The lowest BCUT2D eigenvalue weighted by atomic mass is 10.2. The van der Waals surface area contributed by atoms with E-state index in [2.05, 4.69) is 33.1 Å². The van der Waals surface area contributed by atoms with Gasteiger partial charge in [0.15, 0.2) is 0 Å². The van der Waals surface area contributed by atoms with Crippen LogP contribution in [0, 0.1) is 9.39 Å². The Kier molecular flexibility index (Phi) is 6.03. The van der Waals surface area contributed by atoms with Gasteiger partial charge in [0.05, 0.1) is 0 Å². The minimum absolute atomic E-state index is 0.230. The van der Waals surface area contributed by atoms with Gasteiger partial charge in [-0.2, -0.15) is 0 Å². The molecule has 4 nitrogen and oxygen atoms in total. The summed E-state index contributed by atoms with van der Waals surface area (Å²) >= 11 is 2.09. The number of amidine groups is 1. The van der Waals surface area contributed by atoms with Gasteiger partial charge in [0.1, 0.15) is 11.7 Å². The normalized spacial score (nSPS) is 11.5. The Morgan fingerprint density at radius 1 is 1.47 bits per heavy atom. The van der Waals surface area contributed by atoms with E-state index in [0.717, 1.165) is 28.6 Å². The number of benzene rings is 1. The molecule has 1 rings (SSSR count). The zero-order chi connectivity index (χ0) is 12.7. The molecule has 0 aliphatic heterocycles. The number of hydrogen-bond acceptors (Lipinski definition) is 3. The fourth-order valence-corrected chi connectivity index (χ4v) is 2.00. The number of nitrogens with two attached hydrogens (primary N) is 1. The first kappa shape index (κ1) is 14.0. The third-order valence-electron chi connectivity index (χ3n) is 2.23. The van der Waals surface area contributed by atoms with Crippen LogP contribution in [0.5, 0.6) is 0 Å². The van der Waals surface area contributed by atoms with Gasteiger partial charge >= 0.3 is 0 Å². The summed E-state index contributed by atoms with van der Waals surface area (Å²) in [5, 5.41) is 14.5. The van der Waals surface area contributed by atoms with E-state index in [4.69, 9.17) is 10.9 Å². The smallest absolute Gasteiger partial charge is 0.139 e. The van der Waals surface area contributed by atoms with E-state index in [0.29, 0.717) is 6.42 Å². The molecule has 1 aromatic carbocycles. The highest BCUT2D eigenvalue weighted by atomic mass is 127.